The zero-order chi connectivity index (χ0) is 15.2. The van der Waals surface area contributed by atoms with Crippen LogP contribution in [0.2, 0.25) is 0 Å². The minimum atomic E-state index is -0.297. The Bertz CT molecular complexity index is 474. The van der Waals surface area contributed by atoms with Crippen LogP contribution < -0.4 is 5.32 Å². The van der Waals surface area contributed by atoms with Gasteiger partial charge in [0.1, 0.15) is 6.10 Å². The number of nitrogens with one attached hydrogen (secondary N) is 1. The summed E-state index contributed by atoms with van der Waals surface area (Å²) in [6, 6.07) is 10.5. The number of amides is 1. The normalized spacial score (nSPS) is 24.0. The molecule has 1 aromatic carbocycles. The van der Waals surface area contributed by atoms with Crippen molar-refractivity contribution in [1.82, 2.24) is 15.1 Å². The Morgan fingerprint density at radius 1 is 1.18 bits per heavy atom. The van der Waals surface area contributed by atoms with Crippen molar-refractivity contribution in [1.29, 1.82) is 0 Å². The van der Waals surface area contributed by atoms with Crippen LogP contribution in [0.15, 0.2) is 30.3 Å². The quantitative estimate of drug-likeness (QED) is 0.893. The third-order valence-corrected chi connectivity index (χ3v) is 4.35. The van der Waals surface area contributed by atoms with Crippen LogP contribution in [0.1, 0.15) is 12.0 Å². The highest BCUT2D eigenvalue weighted by Crippen LogP contribution is 2.11. The van der Waals surface area contributed by atoms with E-state index in [0.29, 0.717) is 13.2 Å². The Balaban J connectivity index is 1.52. The summed E-state index contributed by atoms with van der Waals surface area (Å²) >= 11 is 0. The monoisotopic (exact) mass is 303 g/mol. The molecule has 0 bridgehead atoms. The predicted molar refractivity (Wildman–Crippen MR) is 85.5 cm³/mol. The van der Waals surface area contributed by atoms with E-state index >= 15 is 0 Å². The van der Waals surface area contributed by atoms with E-state index in [1.54, 1.807) is 0 Å². The molecule has 0 spiro atoms. The van der Waals surface area contributed by atoms with Crippen molar-refractivity contribution < 1.29 is 9.53 Å². The second kappa shape index (κ2) is 7.72. The van der Waals surface area contributed by atoms with Gasteiger partial charge in [0.15, 0.2) is 0 Å². The molecule has 1 amide bonds. The van der Waals surface area contributed by atoms with Crippen LogP contribution in [0, 0.1) is 0 Å². The van der Waals surface area contributed by atoms with E-state index in [2.05, 4.69) is 34.5 Å². The molecule has 2 aliphatic rings. The maximum absolute atomic E-state index is 12.5. The van der Waals surface area contributed by atoms with E-state index in [0.717, 1.165) is 45.7 Å². The minimum absolute atomic E-state index is 0.147. The molecule has 2 heterocycles. The van der Waals surface area contributed by atoms with Crippen LogP contribution in [-0.4, -0.2) is 67.7 Å². The molecule has 0 aliphatic carbocycles. The van der Waals surface area contributed by atoms with Crippen molar-refractivity contribution in [2.75, 3.05) is 45.9 Å². The number of nitrogens with zero attached hydrogens (tertiary/aromatic N) is 2. The van der Waals surface area contributed by atoms with Gasteiger partial charge in [0.25, 0.3) is 5.91 Å². The standard InChI is InChI=1S/C17H25N3O2/c21-17(16-13-18-7-12-22-16)20-9-4-8-19(10-11-20)14-15-5-2-1-3-6-15/h1-3,5-6,16,18H,4,7-14H2. The maximum atomic E-state index is 12.5. The van der Waals surface area contributed by atoms with E-state index in [9.17, 15) is 4.79 Å². The van der Waals surface area contributed by atoms with Crippen LogP contribution in [0.25, 0.3) is 0 Å². The SMILES string of the molecule is O=C(C1CNCCO1)N1CCCN(Cc2ccccc2)CC1. The molecule has 1 unspecified atom stereocenters. The molecular formula is C17H25N3O2. The first-order valence-electron chi connectivity index (χ1n) is 8.20. The average molecular weight is 303 g/mol. The Kier molecular flexibility index (Phi) is 5.43. The number of morpholine rings is 1. The van der Waals surface area contributed by atoms with Crippen molar-refractivity contribution in [2.45, 2.75) is 19.1 Å². The van der Waals surface area contributed by atoms with Crippen molar-refractivity contribution in [3.8, 4) is 0 Å². The predicted octanol–water partition coefficient (Wildman–Crippen LogP) is 0.709. The summed E-state index contributed by atoms with van der Waals surface area (Å²) in [6.07, 6.45) is 0.730. The number of carbonyl (C=O) groups excluding carboxylic acids is 1. The van der Waals surface area contributed by atoms with Gasteiger partial charge in [0.2, 0.25) is 0 Å². The molecule has 0 saturated carbocycles. The lowest BCUT2D eigenvalue weighted by Crippen LogP contribution is -2.50. The maximum Gasteiger partial charge on any atom is 0.253 e. The zero-order valence-electron chi connectivity index (χ0n) is 13.0. The fraction of sp³-hybridized carbons (Fsp3) is 0.588. The van der Waals surface area contributed by atoms with Crippen LogP contribution in [0.3, 0.4) is 0 Å². The molecule has 22 heavy (non-hydrogen) atoms. The van der Waals surface area contributed by atoms with Crippen LogP contribution >= 0.6 is 0 Å². The molecule has 0 radical (unpaired) electrons. The first kappa shape index (κ1) is 15.5. The smallest absolute Gasteiger partial charge is 0.253 e. The summed E-state index contributed by atoms with van der Waals surface area (Å²) in [5.41, 5.74) is 1.34. The lowest BCUT2D eigenvalue weighted by atomic mass is 10.2. The number of carbonyl (C=O) groups is 1. The largest absolute Gasteiger partial charge is 0.366 e. The molecule has 0 aromatic heterocycles. The van der Waals surface area contributed by atoms with Gasteiger partial charge in [-0.2, -0.15) is 0 Å². The molecule has 5 nitrogen and oxygen atoms in total. The highest BCUT2D eigenvalue weighted by atomic mass is 16.5. The molecule has 2 saturated heterocycles. The van der Waals surface area contributed by atoms with Gasteiger partial charge in [-0.1, -0.05) is 30.3 Å². The second-order valence-corrected chi connectivity index (χ2v) is 6.00. The Labute approximate surface area is 132 Å². The Morgan fingerprint density at radius 2 is 2.05 bits per heavy atom. The number of hydrogen-bond donors (Lipinski definition) is 1. The third-order valence-electron chi connectivity index (χ3n) is 4.35. The molecule has 1 aromatic rings. The van der Waals surface area contributed by atoms with Crippen molar-refractivity contribution >= 4 is 5.91 Å². The van der Waals surface area contributed by atoms with E-state index in [1.807, 2.05) is 11.0 Å². The highest BCUT2D eigenvalue weighted by Gasteiger charge is 2.28. The van der Waals surface area contributed by atoms with Crippen molar-refractivity contribution in [2.24, 2.45) is 0 Å². The van der Waals surface area contributed by atoms with Gasteiger partial charge < -0.3 is 15.0 Å². The summed E-state index contributed by atoms with van der Waals surface area (Å²) in [7, 11) is 0. The van der Waals surface area contributed by atoms with Gasteiger partial charge in [-0.05, 0) is 12.0 Å². The molecular weight excluding hydrogens is 278 g/mol. The number of rotatable bonds is 3. The van der Waals surface area contributed by atoms with E-state index in [4.69, 9.17) is 4.74 Å². The van der Waals surface area contributed by atoms with Crippen molar-refractivity contribution in [3.63, 3.8) is 0 Å². The van der Waals surface area contributed by atoms with Gasteiger partial charge >= 0.3 is 0 Å². The number of hydrogen-bond acceptors (Lipinski definition) is 4. The zero-order valence-corrected chi connectivity index (χ0v) is 13.0. The molecule has 120 valence electrons. The van der Waals surface area contributed by atoms with E-state index in [-0.39, 0.29) is 12.0 Å². The second-order valence-electron chi connectivity index (χ2n) is 6.00. The summed E-state index contributed by atoms with van der Waals surface area (Å²) in [5.74, 6) is 0.147. The molecule has 2 aliphatic heterocycles. The molecule has 1 atom stereocenters. The lowest BCUT2D eigenvalue weighted by molar-refractivity contribution is -0.145. The summed E-state index contributed by atoms with van der Waals surface area (Å²) < 4.78 is 5.59. The lowest BCUT2D eigenvalue weighted by Gasteiger charge is -2.29. The molecule has 3 rings (SSSR count). The van der Waals surface area contributed by atoms with E-state index < -0.39 is 0 Å². The fourth-order valence-corrected chi connectivity index (χ4v) is 3.12. The first-order chi connectivity index (χ1) is 10.8. The van der Waals surface area contributed by atoms with Gasteiger partial charge in [0, 0.05) is 45.8 Å². The Hall–Kier alpha value is -1.43. The first-order valence-corrected chi connectivity index (χ1v) is 8.20. The van der Waals surface area contributed by atoms with Gasteiger partial charge in [-0.15, -0.1) is 0 Å². The molecule has 1 N–H and O–H groups in total. The highest BCUT2D eigenvalue weighted by molar-refractivity contribution is 5.81. The van der Waals surface area contributed by atoms with Gasteiger partial charge in [-0.25, -0.2) is 0 Å². The summed E-state index contributed by atoms with van der Waals surface area (Å²) in [5, 5.41) is 3.23. The fourth-order valence-electron chi connectivity index (χ4n) is 3.12. The van der Waals surface area contributed by atoms with Crippen LogP contribution in [0.4, 0.5) is 0 Å². The van der Waals surface area contributed by atoms with Crippen LogP contribution in [0.5, 0.6) is 0 Å². The Morgan fingerprint density at radius 3 is 2.82 bits per heavy atom. The minimum Gasteiger partial charge on any atom is -0.366 e. The van der Waals surface area contributed by atoms with Crippen molar-refractivity contribution in [3.05, 3.63) is 35.9 Å². The van der Waals surface area contributed by atoms with Gasteiger partial charge in [-0.3, -0.25) is 9.69 Å². The molecule has 2 fully saturated rings. The summed E-state index contributed by atoms with van der Waals surface area (Å²) in [6.45, 7) is 6.69. The third kappa shape index (κ3) is 4.06. The average Bonchev–Trinajstić information content (AvgIpc) is 2.82. The van der Waals surface area contributed by atoms with Crippen LogP contribution in [-0.2, 0) is 16.1 Å². The summed E-state index contributed by atoms with van der Waals surface area (Å²) in [4.78, 5) is 16.9. The topological polar surface area (TPSA) is 44.8 Å². The number of ether oxygens (including phenoxy) is 1. The van der Waals surface area contributed by atoms with E-state index in [1.165, 1.54) is 5.56 Å². The molecule has 5 heteroatoms. The van der Waals surface area contributed by atoms with Gasteiger partial charge in [0.05, 0.1) is 6.61 Å². The number of benzene rings is 1.